The van der Waals surface area contributed by atoms with Crippen LogP contribution in [0.25, 0.3) is 22.2 Å². The van der Waals surface area contributed by atoms with E-state index in [4.69, 9.17) is 5.73 Å². The third kappa shape index (κ3) is 3.33. The van der Waals surface area contributed by atoms with E-state index >= 15 is 0 Å². The Labute approximate surface area is 155 Å². The predicted octanol–water partition coefficient (Wildman–Crippen LogP) is 2.27. The lowest BCUT2D eigenvalue weighted by molar-refractivity contribution is 0.0953. The third-order valence-corrected chi connectivity index (χ3v) is 4.51. The number of rotatable bonds is 6. The minimum absolute atomic E-state index is 0.168. The van der Waals surface area contributed by atoms with Crippen molar-refractivity contribution in [3.8, 4) is 0 Å². The van der Waals surface area contributed by atoms with Crippen LogP contribution in [0.4, 0.5) is 5.95 Å². The Morgan fingerprint density at radius 1 is 1.26 bits per heavy atom. The average Bonchev–Trinajstić information content (AvgIpc) is 3.23. The van der Waals surface area contributed by atoms with Gasteiger partial charge in [0, 0.05) is 25.7 Å². The van der Waals surface area contributed by atoms with Crippen molar-refractivity contribution in [1.82, 2.24) is 29.8 Å². The Hall–Kier alpha value is -3.42. The van der Waals surface area contributed by atoms with Gasteiger partial charge >= 0.3 is 0 Å². The largest absolute Gasteiger partial charge is 0.369 e. The van der Waals surface area contributed by atoms with Gasteiger partial charge in [-0.2, -0.15) is 0 Å². The predicted molar refractivity (Wildman–Crippen MR) is 104 cm³/mol. The number of imidazole rings is 2. The molecule has 0 bridgehead atoms. The number of benzene rings is 1. The number of pyridine rings is 1. The summed E-state index contributed by atoms with van der Waals surface area (Å²) in [6.45, 7) is 3.21. The van der Waals surface area contributed by atoms with Crippen molar-refractivity contribution in [2.75, 3.05) is 12.3 Å². The van der Waals surface area contributed by atoms with Crippen molar-refractivity contribution in [3.05, 3.63) is 47.9 Å². The van der Waals surface area contributed by atoms with E-state index in [0.717, 1.165) is 29.7 Å². The molecule has 1 amide bonds. The van der Waals surface area contributed by atoms with Gasteiger partial charge in [0.15, 0.2) is 5.65 Å². The number of para-hydroxylation sites is 2. The number of nitrogens with one attached hydrogen (secondary N) is 2. The Kier molecular flexibility index (Phi) is 4.45. The maximum absolute atomic E-state index is 12.4. The van der Waals surface area contributed by atoms with Crippen LogP contribution in [-0.4, -0.2) is 37.0 Å². The zero-order chi connectivity index (χ0) is 18.8. The number of aromatic nitrogens is 5. The molecule has 0 aliphatic carbocycles. The summed E-state index contributed by atoms with van der Waals surface area (Å²) in [5.41, 5.74) is 9.66. The molecule has 4 rings (SSSR count). The van der Waals surface area contributed by atoms with Crippen molar-refractivity contribution >= 4 is 34.1 Å². The zero-order valence-corrected chi connectivity index (χ0v) is 15.1. The van der Waals surface area contributed by atoms with Crippen LogP contribution in [0.5, 0.6) is 0 Å². The van der Waals surface area contributed by atoms with Gasteiger partial charge in [0.2, 0.25) is 5.95 Å². The van der Waals surface area contributed by atoms with Crippen molar-refractivity contribution in [3.63, 3.8) is 0 Å². The number of carbonyl (C=O) groups excluding carboxylic acids is 1. The van der Waals surface area contributed by atoms with Gasteiger partial charge in [0.25, 0.3) is 5.91 Å². The Morgan fingerprint density at radius 3 is 2.93 bits per heavy atom. The Bertz CT molecular complexity index is 1080. The van der Waals surface area contributed by atoms with E-state index in [2.05, 4.69) is 25.3 Å². The van der Waals surface area contributed by atoms with Gasteiger partial charge < -0.3 is 16.0 Å². The summed E-state index contributed by atoms with van der Waals surface area (Å²) in [5.74, 6) is 1.16. The van der Waals surface area contributed by atoms with Crippen LogP contribution < -0.4 is 11.1 Å². The number of carbonyl (C=O) groups is 1. The zero-order valence-electron chi connectivity index (χ0n) is 15.1. The third-order valence-electron chi connectivity index (χ3n) is 4.51. The van der Waals surface area contributed by atoms with Gasteiger partial charge in [-0.05, 0) is 31.5 Å². The number of hydrogen-bond acceptors (Lipinski definition) is 5. The van der Waals surface area contributed by atoms with E-state index in [0.29, 0.717) is 35.8 Å². The molecular weight excluding hydrogens is 342 g/mol. The van der Waals surface area contributed by atoms with Gasteiger partial charge in [0.05, 0.1) is 16.6 Å². The summed E-state index contributed by atoms with van der Waals surface area (Å²) < 4.78 is 1.81. The number of nitrogens with zero attached hydrogens (tertiary/aromatic N) is 4. The first-order valence-corrected chi connectivity index (χ1v) is 8.99. The second-order valence-electron chi connectivity index (χ2n) is 6.34. The number of H-pyrrole nitrogens is 1. The number of fused-ring (bicyclic) bond motifs is 2. The minimum atomic E-state index is -0.168. The van der Waals surface area contributed by atoms with Crippen LogP contribution in [0.15, 0.2) is 36.5 Å². The van der Waals surface area contributed by atoms with Gasteiger partial charge in [-0.3, -0.25) is 9.36 Å². The lowest BCUT2D eigenvalue weighted by Gasteiger charge is -2.05. The first-order chi connectivity index (χ1) is 13.2. The fourth-order valence-corrected chi connectivity index (χ4v) is 3.15. The second kappa shape index (κ2) is 7.06. The molecule has 0 atom stereocenters. The van der Waals surface area contributed by atoms with E-state index in [1.165, 1.54) is 0 Å². The standard InChI is InChI=1S/C19H21N7O/c1-2-26-17-15(25-19(26)20)10-12(11-22-17)18(27)21-9-5-8-16-23-13-6-3-4-7-14(13)24-16/h3-4,6-7,10-11H,2,5,8-9H2,1H3,(H2,20,25)(H,21,27)(H,23,24). The van der Waals surface area contributed by atoms with Crippen LogP contribution in [-0.2, 0) is 13.0 Å². The van der Waals surface area contributed by atoms with E-state index in [1.54, 1.807) is 12.3 Å². The van der Waals surface area contributed by atoms with Crippen LogP contribution in [0.2, 0.25) is 0 Å². The molecule has 1 aromatic carbocycles. The molecule has 0 aliphatic heterocycles. The molecule has 27 heavy (non-hydrogen) atoms. The molecule has 0 aliphatic rings. The monoisotopic (exact) mass is 363 g/mol. The number of nitrogen functional groups attached to an aromatic ring is 1. The van der Waals surface area contributed by atoms with Gasteiger partial charge in [-0.15, -0.1) is 0 Å². The number of hydrogen-bond donors (Lipinski definition) is 3. The molecule has 0 unspecified atom stereocenters. The molecule has 0 saturated heterocycles. The molecule has 8 heteroatoms. The summed E-state index contributed by atoms with van der Waals surface area (Å²) in [5, 5.41) is 2.92. The highest BCUT2D eigenvalue weighted by Gasteiger charge is 2.12. The smallest absolute Gasteiger partial charge is 0.252 e. The van der Waals surface area contributed by atoms with E-state index in [9.17, 15) is 4.79 Å². The fraction of sp³-hybridized carbons (Fsp3) is 0.263. The van der Waals surface area contributed by atoms with E-state index in [-0.39, 0.29) is 5.91 Å². The highest BCUT2D eigenvalue weighted by Crippen LogP contribution is 2.16. The molecule has 4 N–H and O–H groups in total. The number of aryl methyl sites for hydroxylation is 2. The Balaban J connectivity index is 1.35. The van der Waals surface area contributed by atoms with Gasteiger partial charge in [0.1, 0.15) is 11.3 Å². The highest BCUT2D eigenvalue weighted by molar-refractivity contribution is 5.96. The summed E-state index contributed by atoms with van der Waals surface area (Å²) in [6.07, 6.45) is 3.12. The summed E-state index contributed by atoms with van der Waals surface area (Å²) in [6, 6.07) is 9.65. The van der Waals surface area contributed by atoms with Crippen LogP contribution >= 0.6 is 0 Å². The number of amides is 1. The lowest BCUT2D eigenvalue weighted by Crippen LogP contribution is -2.25. The summed E-state index contributed by atoms with van der Waals surface area (Å²) >= 11 is 0. The summed E-state index contributed by atoms with van der Waals surface area (Å²) in [7, 11) is 0. The van der Waals surface area contributed by atoms with E-state index in [1.807, 2.05) is 35.8 Å². The van der Waals surface area contributed by atoms with Gasteiger partial charge in [-0.1, -0.05) is 12.1 Å². The molecule has 0 saturated carbocycles. The molecule has 0 fully saturated rings. The number of anilines is 1. The molecule has 3 heterocycles. The van der Waals surface area contributed by atoms with Crippen LogP contribution in [0, 0.1) is 0 Å². The van der Waals surface area contributed by atoms with Crippen LogP contribution in [0.1, 0.15) is 29.5 Å². The van der Waals surface area contributed by atoms with Gasteiger partial charge in [-0.25, -0.2) is 15.0 Å². The first kappa shape index (κ1) is 17.0. The maximum atomic E-state index is 12.4. The molecular formula is C19H21N7O. The lowest BCUT2D eigenvalue weighted by atomic mass is 10.2. The van der Waals surface area contributed by atoms with Crippen molar-refractivity contribution in [1.29, 1.82) is 0 Å². The van der Waals surface area contributed by atoms with Crippen molar-refractivity contribution in [2.45, 2.75) is 26.3 Å². The number of aromatic amines is 1. The number of nitrogens with two attached hydrogens (primary N) is 1. The first-order valence-electron chi connectivity index (χ1n) is 8.99. The SMILES string of the molecule is CCn1c(N)nc2cc(C(=O)NCCCc3nc4ccccc4[nH]3)cnc21. The van der Waals surface area contributed by atoms with Crippen molar-refractivity contribution in [2.24, 2.45) is 0 Å². The highest BCUT2D eigenvalue weighted by atomic mass is 16.1. The molecule has 4 aromatic rings. The normalized spacial score (nSPS) is 11.3. The average molecular weight is 363 g/mol. The topological polar surface area (TPSA) is 115 Å². The molecule has 3 aromatic heterocycles. The van der Waals surface area contributed by atoms with Crippen LogP contribution in [0.3, 0.4) is 0 Å². The fourth-order valence-electron chi connectivity index (χ4n) is 3.15. The Morgan fingerprint density at radius 2 is 2.11 bits per heavy atom. The van der Waals surface area contributed by atoms with E-state index < -0.39 is 0 Å². The quantitative estimate of drug-likeness (QED) is 0.455. The molecule has 0 radical (unpaired) electrons. The maximum Gasteiger partial charge on any atom is 0.252 e. The minimum Gasteiger partial charge on any atom is -0.369 e. The van der Waals surface area contributed by atoms with Crippen molar-refractivity contribution < 1.29 is 4.79 Å². The summed E-state index contributed by atoms with van der Waals surface area (Å²) in [4.78, 5) is 28.8. The molecule has 138 valence electrons. The molecule has 0 spiro atoms. The second-order valence-corrected chi connectivity index (χ2v) is 6.34. The molecule has 8 nitrogen and oxygen atoms in total.